The summed E-state index contributed by atoms with van der Waals surface area (Å²) >= 11 is 4.48. The lowest BCUT2D eigenvalue weighted by molar-refractivity contribution is -0.212. The third-order valence-corrected chi connectivity index (χ3v) is 6.67. The second-order valence-corrected chi connectivity index (χ2v) is 9.37. The number of esters is 1. The monoisotopic (exact) mass is 525 g/mol. The molecule has 4 rings (SSSR count). The molecule has 3 atom stereocenters. The summed E-state index contributed by atoms with van der Waals surface area (Å²) in [5, 5.41) is 3.40. The van der Waals surface area contributed by atoms with Crippen molar-refractivity contribution in [3.05, 3.63) is 59.2 Å². The Hall–Kier alpha value is -2.99. The Bertz CT molecular complexity index is 1210. The van der Waals surface area contributed by atoms with E-state index < -0.39 is 35.5 Å². The van der Waals surface area contributed by atoms with Crippen LogP contribution in [0.15, 0.2) is 42.1 Å². The van der Waals surface area contributed by atoms with Gasteiger partial charge in [-0.1, -0.05) is 18.2 Å². The molecule has 0 amide bonds. The average Bonchev–Trinajstić information content (AvgIpc) is 3.55. The van der Waals surface area contributed by atoms with Gasteiger partial charge < -0.3 is 4.74 Å². The Kier molecular flexibility index (Phi) is 7.37. The topological polar surface area (TPSA) is 81.5 Å². The smallest absolute Gasteiger partial charge is 0.436 e. The van der Waals surface area contributed by atoms with E-state index >= 15 is 0 Å². The summed E-state index contributed by atoms with van der Waals surface area (Å²) in [5.74, 6) is -4.25. The van der Waals surface area contributed by atoms with Crippen LogP contribution in [0, 0.1) is 11.7 Å². The zero-order chi connectivity index (χ0) is 26.2. The molecule has 7 nitrogen and oxygen atoms in total. The number of rotatable bonds is 6. The summed E-state index contributed by atoms with van der Waals surface area (Å²) in [6, 6.07) is 5.71. The number of halogens is 4. The lowest BCUT2D eigenvalue weighted by Crippen LogP contribution is -2.52. The highest BCUT2D eigenvalue weighted by atomic mass is 32.1. The molecular formula is C24H23F4N3O4S. The Morgan fingerprint density at radius 1 is 1.17 bits per heavy atom. The van der Waals surface area contributed by atoms with Crippen LogP contribution in [-0.2, 0) is 14.3 Å². The highest BCUT2D eigenvalue weighted by Crippen LogP contribution is 2.42. The van der Waals surface area contributed by atoms with E-state index in [0.29, 0.717) is 12.8 Å². The molecule has 12 heteroatoms. The summed E-state index contributed by atoms with van der Waals surface area (Å²) in [6.45, 7) is 1.30. The fraction of sp³-hybridized carbons (Fsp3) is 0.417. The third-order valence-electron chi connectivity index (χ3n) is 6.11. The van der Waals surface area contributed by atoms with Crippen LogP contribution in [0.3, 0.4) is 0 Å². The Morgan fingerprint density at radius 3 is 2.44 bits per heavy atom. The van der Waals surface area contributed by atoms with Crippen LogP contribution in [0.4, 0.5) is 17.6 Å². The number of carbonyl (C=O) groups is 3. The van der Waals surface area contributed by atoms with E-state index in [1.165, 1.54) is 48.4 Å². The molecule has 2 aliphatic rings. The Morgan fingerprint density at radius 2 is 1.86 bits per heavy atom. The molecule has 0 N–H and O–H groups in total. The van der Waals surface area contributed by atoms with Gasteiger partial charge in [-0.15, -0.1) is 0 Å². The fourth-order valence-electron chi connectivity index (χ4n) is 4.19. The first-order valence-electron chi connectivity index (χ1n) is 11.2. The molecule has 192 valence electrons. The van der Waals surface area contributed by atoms with E-state index in [-0.39, 0.29) is 47.4 Å². The third kappa shape index (κ3) is 5.54. The number of aromatic nitrogens is 2. The molecule has 0 spiro atoms. The minimum absolute atomic E-state index is 0.0136. The standard InChI is InChI=1S/C24H23F4N3O4S/c1-13(32)31-11-8-15(29-31)12-17-19(36)9-10-30(22(17)35-23(34)24(26,27)28)20(21(33)14-6-7-14)16-4-2-3-5-18(16)25/h2-5,8,11-12,14,19-20,22,36H,6-7,9-10H2,1H3/b17-12-. The van der Waals surface area contributed by atoms with Gasteiger partial charge in [0.25, 0.3) is 0 Å². The SMILES string of the molecule is CC(=O)n1ccc(/C=C2/C(S)CCN(C(C(=O)C3CC3)c3ccccc3F)C2OC(=O)C(F)(F)F)n1. The van der Waals surface area contributed by atoms with Crippen molar-refractivity contribution < 1.29 is 36.7 Å². The maximum absolute atomic E-state index is 14.9. The van der Waals surface area contributed by atoms with Crippen LogP contribution in [0.1, 0.15) is 48.3 Å². The number of Topliss-reactive ketones (excluding diaryl/α,β-unsaturated/α-hetero) is 1. The van der Waals surface area contributed by atoms with Crippen molar-refractivity contribution in [2.45, 2.75) is 49.9 Å². The van der Waals surface area contributed by atoms with Crippen LogP contribution in [0.2, 0.25) is 0 Å². The van der Waals surface area contributed by atoms with Gasteiger partial charge in [0.2, 0.25) is 5.91 Å². The van der Waals surface area contributed by atoms with Gasteiger partial charge in [0, 0.05) is 42.0 Å². The minimum Gasteiger partial charge on any atom is -0.436 e. The highest BCUT2D eigenvalue weighted by Gasteiger charge is 2.49. The van der Waals surface area contributed by atoms with Gasteiger partial charge in [-0.2, -0.15) is 30.9 Å². The van der Waals surface area contributed by atoms with Crippen molar-refractivity contribution in [1.29, 1.82) is 0 Å². The Balaban J connectivity index is 1.81. The number of likely N-dealkylation sites (tertiary alicyclic amines) is 1. The van der Waals surface area contributed by atoms with Gasteiger partial charge in [0.15, 0.2) is 12.0 Å². The van der Waals surface area contributed by atoms with Gasteiger partial charge in [-0.3, -0.25) is 14.5 Å². The first-order valence-corrected chi connectivity index (χ1v) is 11.8. The molecule has 3 unspecified atom stereocenters. The molecule has 1 aromatic carbocycles. The van der Waals surface area contributed by atoms with E-state index in [0.717, 1.165) is 10.7 Å². The van der Waals surface area contributed by atoms with E-state index in [1.807, 2.05) is 0 Å². The molecule has 0 bridgehead atoms. The van der Waals surface area contributed by atoms with E-state index in [2.05, 4.69) is 17.7 Å². The molecule has 1 aliphatic carbocycles. The normalized spacial score (nSPS) is 22.9. The summed E-state index contributed by atoms with van der Waals surface area (Å²) in [7, 11) is 0. The summed E-state index contributed by atoms with van der Waals surface area (Å²) in [5.41, 5.74) is 0.325. The maximum Gasteiger partial charge on any atom is 0.490 e. The van der Waals surface area contributed by atoms with Crippen molar-refractivity contribution in [2.24, 2.45) is 5.92 Å². The van der Waals surface area contributed by atoms with Crippen molar-refractivity contribution >= 4 is 36.4 Å². The molecule has 1 saturated heterocycles. The zero-order valence-corrected chi connectivity index (χ0v) is 20.0. The number of ketones is 1. The van der Waals surface area contributed by atoms with Crippen molar-refractivity contribution in [3.63, 3.8) is 0 Å². The van der Waals surface area contributed by atoms with Crippen LogP contribution >= 0.6 is 12.6 Å². The van der Waals surface area contributed by atoms with Crippen LogP contribution in [0.5, 0.6) is 0 Å². The quantitative estimate of drug-likeness (QED) is 0.346. The number of ether oxygens (including phenoxy) is 1. The van der Waals surface area contributed by atoms with Gasteiger partial charge in [0.1, 0.15) is 11.9 Å². The maximum atomic E-state index is 14.9. The molecule has 2 fully saturated rings. The molecule has 36 heavy (non-hydrogen) atoms. The van der Waals surface area contributed by atoms with Crippen molar-refractivity contribution in [1.82, 2.24) is 14.7 Å². The molecule has 1 saturated carbocycles. The molecule has 1 aliphatic heterocycles. The number of thiol groups is 1. The lowest BCUT2D eigenvalue weighted by Gasteiger charge is -2.43. The fourth-order valence-corrected chi connectivity index (χ4v) is 4.51. The predicted molar refractivity (Wildman–Crippen MR) is 123 cm³/mol. The number of nitrogens with zero attached hydrogens (tertiary/aromatic N) is 3. The van der Waals surface area contributed by atoms with Crippen molar-refractivity contribution in [2.75, 3.05) is 6.54 Å². The molecule has 1 aromatic heterocycles. The largest absolute Gasteiger partial charge is 0.490 e. The number of hydrogen-bond acceptors (Lipinski definition) is 7. The van der Waals surface area contributed by atoms with Gasteiger partial charge in [-0.05, 0) is 37.5 Å². The second-order valence-electron chi connectivity index (χ2n) is 8.75. The van der Waals surface area contributed by atoms with Gasteiger partial charge in [0.05, 0.1) is 5.69 Å². The predicted octanol–water partition coefficient (Wildman–Crippen LogP) is 4.22. The van der Waals surface area contributed by atoms with Crippen LogP contribution in [-0.4, -0.2) is 56.5 Å². The van der Waals surface area contributed by atoms with E-state index in [9.17, 15) is 31.9 Å². The summed E-state index contributed by atoms with van der Waals surface area (Å²) in [6.07, 6.45) is -2.79. The van der Waals surface area contributed by atoms with Crippen molar-refractivity contribution in [3.8, 4) is 0 Å². The molecule has 2 aromatic rings. The Labute approximate surface area is 209 Å². The molecule has 0 radical (unpaired) electrons. The molecule has 2 heterocycles. The number of hydrogen-bond donors (Lipinski definition) is 1. The average molecular weight is 526 g/mol. The molecular weight excluding hydrogens is 502 g/mol. The van der Waals surface area contributed by atoms with Crippen LogP contribution < -0.4 is 0 Å². The number of piperidine rings is 1. The first kappa shape index (κ1) is 26.1. The number of benzene rings is 1. The van der Waals surface area contributed by atoms with Crippen LogP contribution in [0.25, 0.3) is 6.08 Å². The van der Waals surface area contributed by atoms with E-state index in [4.69, 9.17) is 4.74 Å². The summed E-state index contributed by atoms with van der Waals surface area (Å²) < 4.78 is 60.6. The second kappa shape index (κ2) is 10.2. The summed E-state index contributed by atoms with van der Waals surface area (Å²) in [4.78, 5) is 38.2. The number of carbonyl (C=O) groups excluding carboxylic acids is 3. The van der Waals surface area contributed by atoms with Gasteiger partial charge >= 0.3 is 12.1 Å². The van der Waals surface area contributed by atoms with E-state index in [1.54, 1.807) is 0 Å². The lowest BCUT2D eigenvalue weighted by atomic mass is 9.92. The minimum atomic E-state index is -5.30. The first-order chi connectivity index (χ1) is 17.0. The highest BCUT2D eigenvalue weighted by molar-refractivity contribution is 7.81. The zero-order valence-electron chi connectivity index (χ0n) is 19.1. The number of alkyl halides is 3. The van der Waals surface area contributed by atoms with Gasteiger partial charge in [-0.25, -0.2) is 13.9 Å².